The van der Waals surface area contributed by atoms with E-state index < -0.39 is 66.3 Å². The molecule has 2 aromatic rings. The number of fused-ring (bicyclic) bond motifs is 1. The van der Waals surface area contributed by atoms with Crippen molar-refractivity contribution in [3.63, 3.8) is 0 Å². The van der Waals surface area contributed by atoms with Gasteiger partial charge in [0.05, 0.1) is 18.6 Å². The average molecular weight is 523 g/mol. The molecule has 0 radical (unpaired) electrons. The number of aromatic nitrogens is 1. The third kappa shape index (κ3) is 7.69. The van der Waals surface area contributed by atoms with Crippen molar-refractivity contribution in [2.75, 3.05) is 5.75 Å². The Morgan fingerprint density at radius 1 is 1.03 bits per heavy atom. The van der Waals surface area contributed by atoms with Crippen molar-refractivity contribution in [3.8, 4) is 0 Å². The van der Waals surface area contributed by atoms with E-state index in [-0.39, 0.29) is 12.2 Å². The first kappa shape index (κ1) is 28.6. The van der Waals surface area contributed by atoms with E-state index in [4.69, 9.17) is 16.6 Å². The number of nitrogens with two attached hydrogens (primary N) is 2. The summed E-state index contributed by atoms with van der Waals surface area (Å²) in [5.74, 6) is -5.22. The monoisotopic (exact) mass is 522 g/mol. The predicted octanol–water partition coefficient (Wildman–Crippen LogP) is -2.24. The quantitative estimate of drug-likeness (QED) is 0.130. The standard InChI is InChI=1S/C22H30N6O7S/c1-10(29)18(21(33)26-15(22(34)35)7-17(24)30)28-20(32)16(9-36)27-19(31)13(23)6-11-8-25-14-5-3-2-4-12(11)14/h2-5,8,10,13,15-16,18,25,29,36H,6-7,9,23H2,1H3,(H2,24,30)(H,26,33)(H,27,31)(H,28,32)(H,34,35). The molecule has 0 aliphatic heterocycles. The van der Waals surface area contributed by atoms with Gasteiger partial charge in [-0.1, -0.05) is 18.2 Å². The summed E-state index contributed by atoms with van der Waals surface area (Å²) in [5.41, 5.74) is 12.7. The third-order valence-corrected chi connectivity index (χ3v) is 5.71. The zero-order valence-electron chi connectivity index (χ0n) is 19.4. The molecule has 4 amide bonds. The van der Waals surface area contributed by atoms with Crippen molar-refractivity contribution in [3.05, 3.63) is 36.0 Å². The Hall–Kier alpha value is -3.62. The van der Waals surface area contributed by atoms with E-state index in [1.807, 2.05) is 29.6 Å². The number of aromatic amines is 1. The van der Waals surface area contributed by atoms with Gasteiger partial charge in [-0.05, 0) is 25.0 Å². The molecule has 14 heteroatoms. The van der Waals surface area contributed by atoms with E-state index in [0.29, 0.717) is 0 Å². The average Bonchev–Trinajstić information content (AvgIpc) is 3.22. The van der Waals surface area contributed by atoms with Crippen LogP contribution in [0.4, 0.5) is 0 Å². The van der Waals surface area contributed by atoms with E-state index >= 15 is 0 Å². The first-order chi connectivity index (χ1) is 16.9. The van der Waals surface area contributed by atoms with Crippen LogP contribution in [-0.2, 0) is 30.4 Å². The second-order valence-electron chi connectivity index (χ2n) is 8.21. The normalized spacial score (nSPS) is 15.2. The molecule has 0 fully saturated rings. The Morgan fingerprint density at radius 2 is 1.67 bits per heavy atom. The highest BCUT2D eigenvalue weighted by Crippen LogP contribution is 2.18. The molecule has 0 spiro atoms. The fraction of sp³-hybridized carbons (Fsp3) is 0.409. The van der Waals surface area contributed by atoms with Crippen LogP contribution in [0.2, 0.25) is 0 Å². The molecule has 1 aromatic carbocycles. The number of carbonyl (C=O) groups is 5. The Morgan fingerprint density at radius 3 is 2.25 bits per heavy atom. The van der Waals surface area contributed by atoms with Crippen LogP contribution in [0.15, 0.2) is 30.5 Å². The van der Waals surface area contributed by atoms with Gasteiger partial charge < -0.3 is 42.6 Å². The molecule has 5 atom stereocenters. The zero-order valence-corrected chi connectivity index (χ0v) is 20.3. The van der Waals surface area contributed by atoms with Crippen LogP contribution in [0, 0.1) is 0 Å². The van der Waals surface area contributed by atoms with Crippen LogP contribution >= 0.6 is 12.6 Å². The van der Waals surface area contributed by atoms with E-state index in [1.165, 1.54) is 6.92 Å². The van der Waals surface area contributed by atoms with Gasteiger partial charge in [-0.2, -0.15) is 12.6 Å². The topological polar surface area (TPSA) is 230 Å². The highest BCUT2D eigenvalue weighted by Gasteiger charge is 2.33. The molecule has 0 aliphatic carbocycles. The van der Waals surface area contributed by atoms with Gasteiger partial charge in [0, 0.05) is 22.9 Å². The number of carboxylic acids is 1. The summed E-state index contributed by atoms with van der Waals surface area (Å²) in [4.78, 5) is 63.3. The molecule has 0 bridgehead atoms. The van der Waals surface area contributed by atoms with Crippen molar-refractivity contribution in [2.24, 2.45) is 11.5 Å². The highest BCUT2D eigenvalue weighted by molar-refractivity contribution is 7.80. The van der Waals surface area contributed by atoms with Gasteiger partial charge in [0.15, 0.2) is 0 Å². The Bertz CT molecular complexity index is 1120. The fourth-order valence-electron chi connectivity index (χ4n) is 3.42. The molecule has 10 N–H and O–H groups in total. The summed E-state index contributed by atoms with van der Waals surface area (Å²) >= 11 is 4.07. The minimum absolute atomic E-state index is 0.162. The van der Waals surface area contributed by atoms with Crippen molar-refractivity contribution in [1.82, 2.24) is 20.9 Å². The number of thiol groups is 1. The molecule has 1 aromatic heterocycles. The molecular formula is C22H30N6O7S. The van der Waals surface area contributed by atoms with Crippen LogP contribution in [-0.4, -0.2) is 80.8 Å². The minimum atomic E-state index is -1.66. The summed E-state index contributed by atoms with van der Waals surface area (Å²) < 4.78 is 0. The van der Waals surface area contributed by atoms with Gasteiger partial charge >= 0.3 is 5.97 Å². The van der Waals surface area contributed by atoms with Crippen molar-refractivity contribution < 1.29 is 34.2 Å². The van der Waals surface area contributed by atoms with Crippen LogP contribution < -0.4 is 27.4 Å². The lowest BCUT2D eigenvalue weighted by Gasteiger charge is -2.25. The van der Waals surface area contributed by atoms with Gasteiger partial charge in [-0.15, -0.1) is 0 Å². The molecule has 0 saturated heterocycles. The molecular weight excluding hydrogens is 492 g/mol. The number of para-hydroxylation sites is 1. The van der Waals surface area contributed by atoms with Gasteiger partial charge in [-0.25, -0.2) is 4.79 Å². The first-order valence-corrected chi connectivity index (χ1v) is 11.6. The SMILES string of the molecule is CC(O)C(NC(=O)C(CS)NC(=O)C(N)Cc1c[nH]c2ccccc12)C(=O)NC(CC(N)=O)C(=O)O. The lowest BCUT2D eigenvalue weighted by molar-refractivity contribution is -0.144. The van der Waals surface area contributed by atoms with Gasteiger partial charge in [0.2, 0.25) is 23.6 Å². The number of rotatable bonds is 13. The number of carboxylic acid groups (broad SMARTS) is 1. The Balaban J connectivity index is 2.03. The number of amides is 4. The number of nitrogens with one attached hydrogen (secondary N) is 4. The van der Waals surface area contributed by atoms with Gasteiger partial charge in [0.25, 0.3) is 0 Å². The van der Waals surface area contributed by atoms with Crippen molar-refractivity contribution in [2.45, 2.75) is 50.0 Å². The fourth-order valence-corrected chi connectivity index (χ4v) is 3.68. The van der Waals surface area contributed by atoms with E-state index in [1.54, 1.807) is 6.20 Å². The molecule has 5 unspecified atom stereocenters. The number of benzene rings is 1. The molecule has 0 saturated carbocycles. The summed E-state index contributed by atoms with van der Waals surface area (Å²) in [6.07, 6.45) is -0.205. The number of aliphatic carboxylic acids is 1. The van der Waals surface area contributed by atoms with E-state index in [2.05, 4.69) is 28.2 Å². The van der Waals surface area contributed by atoms with Crippen LogP contribution in [0.5, 0.6) is 0 Å². The molecule has 2 rings (SSSR count). The Labute approximate surface area is 211 Å². The number of aliphatic hydroxyl groups is 1. The molecule has 0 aliphatic rings. The molecule has 1 heterocycles. The number of carbonyl (C=O) groups excluding carboxylic acids is 4. The number of H-pyrrole nitrogens is 1. The summed E-state index contributed by atoms with van der Waals surface area (Å²) in [6, 6.07) is 2.02. The van der Waals surface area contributed by atoms with Crippen LogP contribution in [0.25, 0.3) is 10.9 Å². The maximum absolute atomic E-state index is 12.7. The molecule has 36 heavy (non-hydrogen) atoms. The zero-order chi connectivity index (χ0) is 27.0. The summed E-state index contributed by atoms with van der Waals surface area (Å²) in [6.45, 7) is 1.19. The molecule has 13 nitrogen and oxygen atoms in total. The number of hydrogen-bond donors (Lipinski definition) is 9. The lowest BCUT2D eigenvalue weighted by Crippen LogP contribution is -2.60. The van der Waals surface area contributed by atoms with Crippen LogP contribution in [0.3, 0.4) is 0 Å². The molecule has 196 valence electrons. The maximum atomic E-state index is 12.7. The smallest absolute Gasteiger partial charge is 0.326 e. The Kier molecular flexibility index (Phi) is 10.3. The maximum Gasteiger partial charge on any atom is 0.326 e. The second kappa shape index (κ2) is 12.9. The lowest BCUT2D eigenvalue weighted by atomic mass is 10.0. The van der Waals surface area contributed by atoms with Gasteiger partial charge in [-0.3, -0.25) is 19.2 Å². The third-order valence-electron chi connectivity index (χ3n) is 5.35. The van der Waals surface area contributed by atoms with Crippen molar-refractivity contribution in [1.29, 1.82) is 0 Å². The number of primary amides is 1. The van der Waals surface area contributed by atoms with Crippen LogP contribution in [0.1, 0.15) is 18.9 Å². The van der Waals surface area contributed by atoms with E-state index in [9.17, 15) is 29.1 Å². The first-order valence-electron chi connectivity index (χ1n) is 11.0. The summed E-state index contributed by atoms with van der Waals surface area (Å²) in [7, 11) is 0. The predicted molar refractivity (Wildman–Crippen MR) is 133 cm³/mol. The minimum Gasteiger partial charge on any atom is -0.480 e. The second-order valence-corrected chi connectivity index (χ2v) is 8.58. The largest absolute Gasteiger partial charge is 0.480 e. The summed E-state index contributed by atoms with van der Waals surface area (Å²) in [5, 5.41) is 26.8. The van der Waals surface area contributed by atoms with Gasteiger partial charge in [0.1, 0.15) is 18.1 Å². The highest BCUT2D eigenvalue weighted by atomic mass is 32.1. The van der Waals surface area contributed by atoms with E-state index in [0.717, 1.165) is 16.5 Å². The van der Waals surface area contributed by atoms with Crippen molar-refractivity contribution >= 4 is 53.1 Å². The number of aliphatic hydroxyl groups excluding tert-OH is 1. The number of hydrogen-bond acceptors (Lipinski definition) is 8.